The zero-order valence-electron chi connectivity index (χ0n) is 20.4. The maximum absolute atomic E-state index is 11.8. The Hall–Kier alpha value is -3.46. The van der Waals surface area contributed by atoms with Crippen LogP contribution < -0.4 is 5.32 Å². The van der Waals surface area contributed by atoms with Crippen LogP contribution in [0.2, 0.25) is 0 Å². The van der Waals surface area contributed by atoms with Crippen molar-refractivity contribution in [2.24, 2.45) is 5.11 Å². The lowest BCUT2D eigenvalue weighted by atomic mass is 9.98. The number of amides is 1. The number of carbonyl (C=O) groups is 5. The molecule has 16 heteroatoms. The smallest absolute Gasteiger partial charge is 0.303 e. The molecule has 1 fully saturated rings. The van der Waals surface area contributed by atoms with E-state index >= 15 is 0 Å². The maximum atomic E-state index is 11.8. The average molecular weight is 518 g/mol. The monoisotopic (exact) mass is 518 g/mol. The maximum Gasteiger partial charge on any atom is 0.303 e. The second-order valence-corrected chi connectivity index (χ2v) is 7.29. The number of azide groups is 1. The minimum Gasteiger partial charge on any atom is -0.463 e. The summed E-state index contributed by atoms with van der Waals surface area (Å²) in [5, 5.41) is 5.60. The molecule has 0 unspecified atom stereocenters. The molecule has 1 amide bonds. The van der Waals surface area contributed by atoms with Gasteiger partial charge in [-0.15, -0.1) is 0 Å². The van der Waals surface area contributed by atoms with E-state index in [-0.39, 0.29) is 39.5 Å². The fraction of sp³-hybridized carbons (Fsp3) is 0.750. The summed E-state index contributed by atoms with van der Waals surface area (Å²) in [5.74, 6) is -3.35. The number of nitrogens with zero attached hydrogens (tertiary/aromatic N) is 3. The molecule has 0 saturated carbocycles. The number of esters is 4. The van der Waals surface area contributed by atoms with Gasteiger partial charge in [-0.1, -0.05) is 5.11 Å². The Labute approximate surface area is 206 Å². The van der Waals surface area contributed by atoms with Crippen molar-refractivity contribution in [3.8, 4) is 0 Å². The Morgan fingerprint density at radius 1 is 0.861 bits per heavy atom. The average Bonchev–Trinajstić information content (AvgIpc) is 2.78. The van der Waals surface area contributed by atoms with E-state index < -0.39 is 60.5 Å². The molecule has 1 rings (SSSR count). The van der Waals surface area contributed by atoms with Crippen LogP contribution in [-0.2, 0) is 57.1 Å². The number of nitrogens with one attached hydrogen (secondary N) is 1. The van der Waals surface area contributed by atoms with Crippen molar-refractivity contribution in [1.29, 1.82) is 0 Å². The molecule has 36 heavy (non-hydrogen) atoms. The van der Waals surface area contributed by atoms with E-state index in [1.54, 1.807) is 0 Å². The third kappa shape index (κ3) is 11.8. The lowest BCUT2D eigenvalue weighted by molar-refractivity contribution is -0.309. The normalized spacial score (nSPS) is 22.9. The highest BCUT2D eigenvalue weighted by atomic mass is 16.7. The molecular weight excluding hydrogens is 488 g/mol. The van der Waals surface area contributed by atoms with Crippen LogP contribution in [0.1, 0.15) is 27.7 Å². The van der Waals surface area contributed by atoms with Gasteiger partial charge in [-0.25, -0.2) is 0 Å². The number of carbonyl (C=O) groups excluding carboxylic acids is 5. The molecule has 16 nitrogen and oxygen atoms in total. The fourth-order valence-electron chi connectivity index (χ4n) is 3.06. The van der Waals surface area contributed by atoms with Crippen molar-refractivity contribution < 1.29 is 57.1 Å². The third-order valence-corrected chi connectivity index (χ3v) is 4.30. The van der Waals surface area contributed by atoms with Crippen LogP contribution in [0.3, 0.4) is 0 Å². The van der Waals surface area contributed by atoms with Gasteiger partial charge in [-0.05, 0) is 5.53 Å². The summed E-state index contributed by atoms with van der Waals surface area (Å²) >= 11 is 0. The van der Waals surface area contributed by atoms with Gasteiger partial charge in [0.05, 0.1) is 19.8 Å². The van der Waals surface area contributed by atoms with Crippen LogP contribution in [0.25, 0.3) is 10.4 Å². The van der Waals surface area contributed by atoms with Crippen molar-refractivity contribution in [3.05, 3.63) is 10.4 Å². The topological polar surface area (TPSA) is 211 Å². The van der Waals surface area contributed by atoms with E-state index in [4.69, 9.17) is 38.7 Å². The quantitative estimate of drug-likeness (QED) is 0.0772. The molecule has 0 aromatic heterocycles. The second kappa shape index (κ2) is 16.3. The number of ether oxygens (including phenoxy) is 7. The molecule has 1 aliphatic heterocycles. The standard InChI is InChI=1S/C20H30N4O12/c1-11(25)32-10-15-17(33-12(2)26)18(34-13(3)27)19(35-14(4)28)20(36-15)31-8-7-30-6-5-22-16(29)9-23-24-21/h15,17-20H,5-10H2,1-4H3,(H,22,29)/t15-,17+,18+,19-,20-/m1/s1. The predicted octanol–water partition coefficient (Wildman–Crippen LogP) is -0.471. The Balaban J connectivity index is 2.86. The van der Waals surface area contributed by atoms with Gasteiger partial charge in [0.25, 0.3) is 0 Å². The SMILES string of the molecule is CC(=O)OC[C@H]1O[C@@H](OCCOCCNC(=O)CN=[N+]=[N-])[C@H](OC(C)=O)[C@@H](OC(C)=O)[C@H]1OC(C)=O. The van der Waals surface area contributed by atoms with Crippen molar-refractivity contribution in [3.63, 3.8) is 0 Å². The number of hydrogen-bond donors (Lipinski definition) is 1. The summed E-state index contributed by atoms with van der Waals surface area (Å²) in [4.78, 5) is 60.4. The molecule has 0 aliphatic carbocycles. The Morgan fingerprint density at radius 2 is 1.47 bits per heavy atom. The summed E-state index contributed by atoms with van der Waals surface area (Å²) in [5.41, 5.74) is 8.17. The highest BCUT2D eigenvalue weighted by Gasteiger charge is 2.52. The van der Waals surface area contributed by atoms with Crippen molar-refractivity contribution in [2.75, 3.05) is 39.5 Å². The van der Waals surface area contributed by atoms with E-state index in [0.717, 1.165) is 20.8 Å². The van der Waals surface area contributed by atoms with E-state index in [9.17, 15) is 24.0 Å². The third-order valence-electron chi connectivity index (χ3n) is 4.30. The van der Waals surface area contributed by atoms with Gasteiger partial charge in [0.15, 0.2) is 24.6 Å². The van der Waals surface area contributed by atoms with Crippen LogP contribution >= 0.6 is 0 Å². The van der Waals surface area contributed by atoms with Crippen LogP contribution in [0, 0.1) is 0 Å². The molecule has 5 atom stereocenters. The van der Waals surface area contributed by atoms with Crippen molar-refractivity contribution in [2.45, 2.75) is 58.4 Å². The van der Waals surface area contributed by atoms with Gasteiger partial charge < -0.3 is 38.5 Å². The minimum absolute atomic E-state index is 0.0269. The summed E-state index contributed by atoms with van der Waals surface area (Å²) in [6, 6.07) is 0. The van der Waals surface area contributed by atoms with Crippen LogP contribution in [0.4, 0.5) is 0 Å². The van der Waals surface area contributed by atoms with Gasteiger partial charge in [0.1, 0.15) is 19.3 Å². The second-order valence-electron chi connectivity index (χ2n) is 7.29. The number of rotatable bonds is 14. The van der Waals surface area contributed by atoms with Crippen molar-refractivity contribution in [1.82, 2.24) is 5.32 Å². The summed E-state index contributed by atoms with van der Waals surface area (Å²) in [6.45, 7) is 4.02. The highest BCUT2D eigenvalue weighted by molar-refractivity contribution is 5.78. The summed E-state index contributed by atoms with van der Waals surface area (Å²) < 4.78 is 37.6. The van der Waals surface area contributed by atoms with Gasteiger partial charge >= 0.3 is 23.9 Å². The Bertz CT molecular complexity index is 832. The fourth-order valence-corrected chi connectivity index (χ4v) is 3.06. The van der Waals surface area contributed by atoms with E-state index in [1.807, 2.05) is 0 Å². The highest BCUT2D eigenvalue weighted by Crippen LogP contribution is 2.29. The lowest BCUT2D eigenvalue weighted by Gasteiger charge is -2.44. The molecule has 0 aromatic carbocycles. The number of hydrogen-bond acceptors (Lipinski definition) is 13. The first-order valence-electron chi connectivity index (χ1n) is 10.8. The van der Waals surface area contributed by atoms with E-state index in [1.165, 1.54) is 6.92 Å². The molecule has 1 aliphatic rings. The minimum atomic E-state index is -1.33. The zero-order chi connectivity index (χ0) is 27.1. The van der Waals surface area contributed by atoms with Gasteiger partial charge in [0, 0.05) is 39.2 Å². The molecule has 1 N–H and O–H groups in total. The summed E-state index contributed by atoms with van der Waals surface area (Å²) in [6.07, 6.45) is -6.37. The molecule has 0 spiro atoms. The molecule has 1 heterocycles. The first kappa shape index (κ1) is 30.6. The molecule has 0 bridgehead atoms. The zero-order valence-corrected chi connectivity index (χ0v) is 20.4. The van der Waals surface area contributed by atoms with Gasteiger partial charge in [0.2, 0.25) is 5.91 Å². The van der Waals surface area contributed by atoms with E-state index in [2.05, 4.69) is 15.3 Å². The lowest BCUT2D eigenvalue weighted by Crippen LogP contribution is -2.63. The summed E-state index contributed by atoms with van der Waals surface area (Å²) in [7, 11) is 0. The van der Waals surface area contributed by atoms with Crippen LogP contribution in [0.5, 0.6) is 0 Å². The first-order chi connectivity index (χ1) is 17.0. The molecular formula is C20H30N4O12. The predicted molar refractivity (Wildman–Crippen MR) is 116 cm³/mol. The largest absolute Gasteiger partial charge is 0.463 e. The molecule has 1 saturated heterocycles. The van der Waals surface area contributed by atoms with Crippen LogP contribution in [-0.4, -0.2) is 100 Å². The Morgan fingerprint density at radius 3 is 2.06 bits per heavy atom. The first-order valence-corrected chi connectivity index (χ1v) is 10.8. The van der Waals surface area contributed by atoms with E-state index in [0.29, 0.717) is 0 Å². The molecule has 0 aromatic rings. The van der Waals surface area contributed by atoms with Gasteiger partial charge in [-0.2, -0.15) is 0 Å². The van der Waals surface area contributed by atoms with Crippen molar-refractivity contribution >= 4 is 29.8 Å². The molecule has 0 radical (unpaired) electrons. The van der Waals surface area contributed by atoms with Crippen LogP contribution in [0.15, 0.2) is 5.11 Å². The molecule has 202 valence electrons. The Kier molecular flexibility index (Phi) is 13.8. The van der Waals surface area contributed by atoms with Gasteiger partial charge in [-0.3, -0.25) is 24.0 Å².